The molecule has 0 radical (unpaired) electrons. The zero-order valence-electron chi connectivity index (χ0n) is 9.40. The van der Waals surface area contributed by atoms with Crippen molar-refractivity contribution >= 4 is 10.0 Å². The van der Waals surface area contributed by atoms with Crippen LogP contribution in [0.1, 0.15) is 18.4 Å². The highest BCUT2D eigenvalue weighted by Gasteiger charge is 2.16. The van der Waals surface area contributed by atoms with E-state index in [0.717, 1.165) is 6.07 Å². The Morgan fingerprint density at radius 2 is 2.18 bits per heavy atom. The molecule has 0 aliphatic carbocycles. The number of nitriles is 1. The minimum absolute atomic E-state index is 0.0607. The summed E-state index contributed by atoms with van der Waals surface area (Å²) in [6, 6.07) is 5.54. The van der Waals surface area contributed by atoms with E-state index < -0.39 is 15.8 Å². The molecule has 0 aliphatic heterocycles. The predicted octanol–water partition coefficient (Wildman–Crippen LogP) is 1.72. The fourth-order valence-electron chi connectivity index (χ4n) is 1.32. The summed E-state index contributed by atoms with van der Waals surface area (Å²) in [4.78, 5) is -0.0607. The molecule has 1 aromatic rings. The van der Waals surface area contributed by atoms with Crippen molar-refractivity contribution in [1.82, 2.24) is 4.72 Å². The monoisotopic (exact) mass is 256 g/mol. The quantitative estimate of drug-likeness (QED) is 0.815. The minimum atomic E-state index is -3.69. The van der Waals surface area contributed by atoms with Gasteiger partial charge in [0.2, 0.25) is 10.0 Å². The van der Waals surface area contributed by atoms with Crippen molar-refractivity contribution in [3.8, 4) is 6.07 Å². The molecule has 1 N–H and O–H groups in total. The molecular weight excluding hydrogens is 243 g/mol. The summed E-state index contributed by atoms with van der Waals surface area (Å²) in [5.74, 6) is -0.590. The smallest absolute Gasteiger partial charge is 0.211 e. The number of hydrogen-bond donors (Lipinski definition) is 1. The molecule has 0 heterocycles. The van der Waals surface area contributed by atoms with E-state index in [9.17, 15) is 12.8 Å². The van der Waals surface area contributed by atoms with Gasteiger partial charge < -0.3 is 0 Å². The number of hydrogen-bond acceptors (Lipinski definition) is 3. The average Bonchev–Trinajstić information content (AvgIpc) is 2.28. The topological polar surface area (TPSA) is 70.0 Å². The van der Waals surface area contributed by atoms with Crippen LogP contribution in [0, 0.1) is 24.1 Å². The zero-order valence-corrected chi connectivity index (χ0v) is 10.2. The molecule has 0 atom stereocenters. The van der Waals surface area contributed by atoms with Crippen LogP contribution in [-0.4, -0.2) is 15.0 Å². The lowest BCUT2D eigenvalue weighted by Crippen LogP contribution is -2.25. The summed E-state index contributed by atoms with van der Waals surface area (Å²) in [7, 11) is -3.69. The predicted molar refractivity (Wildman–Crippen MR) is 61.2 cm³/mol. The van der Waals surface area contributed by atoms with Crippen molar-refractivity contribution in [2.75, 3.05) is 6.54 Å². The van der Waals surface area contributed by atoms with Crippen LogP contribution in [0.2, 0.25) is 0 Å². The van der Waals surface area contributed by atoms with Crippen molar-refractivity contribution in [2.24, 2.45) is 0 Å². The molecule has 0 amide bonds. The van der Waals surface area contributed by atoms with Crippen molar-refractivity contribution in [2.45, 2.75) is 24.7 Å². The fourth-order valence-corrected chi connectivity index (χ4v) is 2.64. The molecule has 0 unspecified atom stereocenters. The van der Waals surface area contributed by atoms with Gasteiger partial charge in [-0.05, 0) is 31.0 Å². The molecule has 0 saturated heterocycles. The van der Waals surface area contributed by atoms with Gasteiger partial charge in [0.25, 0.3) is 0 Å². The molecular formula is C11H13FN2O2S. The molecule has 1 aromatic carbocycles. The maximum atomic E-state index is 13.0. The molecule has 1 rings (SSSR count). The molecule has 0 aromatic heterocycles. The first-order valence-electron chi connectivity index (χ1n) is 5.10. The van der Waals surface area contributed by atoms with Gasteiger partial charge in [0, 0.05) is 13.0 Å². The lowest BCUT2D eigenvalue weighted by atomic mass is 10.2. The maximum absolute atomic E-state index is 13.0. The third kappa shape index (κ3) is 3.80. The first-order chi connectivity index (χ1) is 7.97. The van der Waals surface area contributed by atoms with Crippen molar-refractivity contribution in [3.63, 3.8) is 0 Å². The molecule has 0 spiro atoms. The van der Waals surface area contributed by atoms with Gasteiger partial charge in [-0.3, -0.25) is 0 Å². The first kappa shape index (κ1) is 13.6. The molecule has 0 aliphatic rings. The number of rotatable bonds is 5. The molecule has 4 nitrogen and oxygen atoms in total. The SMILES string of the molecule is Cc1ccc(F)cc1S(=O)(=O)NCCCC#N. The van der Waals surface area contributed by atoms with Gasteiger partial charge in [-0.15, -0.1) is 0 Å². The van der Waals surface area contributed by atoms with Crippen molar-refractivity contribution < 1.29 is 12.8 Å². The summed E-state index contributed by atoms with van der Waals surface area (Å²) in [5, 5.41) is 8.32. The third-order valence-electron chi connectivity index (χ3n) is 2.20. The van der Waals surface area contributed by atoms with E-state index in [2.05, 4.69) is 4.72 Å². The van der Waals surface area contributed by atoms with Gasteiger partial charge in [0.05, 0.1) is 11.0 Å². The Hall–Kier alpha value is -1.45. The number of nitrogens with zero attached hydrogens (tertiary/aromatic N) is 1. The Morgan fingerprint density at radius 1 is 1.47 bits per heavy atom. The van der Waals surface area contributed by atoms with E-state index >= 15 is 0 Å². The van der Waals surface area contributed by atoms with E-state index in [1.807, 2.05) is 6.07 Å². The summed E-state index contributed by atoms with van der Waals surface area (Å²) in [6.45, 7) is 1.77. The van der Waals surface area contributed by atoms with Crippen molar-refractivity contribution in [1.29, 1.82) is 5.26 Å². The molecule has 17 heavy (non-hydrogen) atoms. The van der Waals surface area contributed by atoms with Gasteiger partial charge in [-0.1, -0.05) is 6.07 Å². The van der Waals surface area contributed by atoms with Gasteiger partial charge in [-0.25, -0.2) is 17.5 Å². The lowest BCUT2D eigenvalue weighted by Gasteiger charge is -2.08. The second kappa shape index (κ2) is 5.75. The van der Waals surface area contributed by atoms with Gasteiger partial charge in [0.15, 0.2) is 0 Å². The summed E-state index contributed by atoms with van der Waals surface area (Å²) in [6.07, 6.45) is 0.717. The lowest BCUT2D eigenvalue weighted by molar-refractivity contribution is 0.575. The number of benzene rings is 1. The number of nitrogens with one attached hydrogen (secondary N) is 1. The normalized spacial score (nSPS) is 11.1. The number of aryl methyl sites for hydroxylation is 1. The molecule has 0 bridgehead atoms. The average molecular weight is 256 g/mol. The number of sulfonamides is 1. The standard InChI is InChI=1S/C11H13FN2O2S/c1-9-4-5-10(12)8-11(9)17(15,16)14-7-3-2-6-13/h4-5,8,14H,2-3,7H2,1H3. The van der Waals surface area contributed by atoms with E-state index in [4.69, 9.17) is 5.26 Å². The van der Waals surface area contributed by atoms with E-state index in [1.54, 1.807) is 6.92 Å². The first-order valence-corrected chi connectivity index (χ1v) is 6.58. The molecule has 0 fully saturated rings. The highest BCUT2D eigenvalue weighted by Crippen LogP contribution is 2.16. The number of unbranched alkanes of at least 4 members (excludes halogenated alkanes) is 1. The maximum Gasteiger partial charge on any atom is 0.240 e. The summed E-state index contributed by atoms with van der Waals surface area (Å²) >= 11 is 0. The zero-order chi connectivity index (χ0) is 12.9. The van der Waals surface area contributed by atoms with Crippen LogP contribution < -0.4 is 4.72 Å². The van der Waals surface area contributed by atoms with Crippen LogP contribution in [0.4, 0.5) is 4.39 Å². The summed E-state index contributed by atoms with van der Waals surface area (Å²) in [5.41, 5.74) is 0.485. The van der Waals surface area contributed by atoms with Gasteiger partial charge in [-0.2, -0.15) is 5.26 Å². The molecule has 92 valence electrons. The second-order valence-electron chi connectivity index (χ2n) is 3.57. The van der Waals surface area contributed by atoms with Crippen LogP contribution in [0.15, 0.2) is 23.1 Å². The Balaban J connectivity index is 2.83. The van der Waals surface area contributed by atoms with Gasteiger partial charge >= 0.3 is 0 Å². The highest BCUT2D eigenvalue weighted by molar-refractivity contribution is 7.89. The minimum Gasteiger partial charge on any atom is -0.211 e. The Labute approximate surface area is 100 Å². The van der Waals surface area contributed by atoms with Gasteiger partial charge in [0.1, 0.15) is 5.82 Å². The van der Waals surface area contributed by atoms with E-state index in [0.29, 0.717) is 12.0 Å². The fraction of sp³-hybridized carbons (Fsp3) is 0.364. The largest absolute Gasteiger partial charge is 0.240 e. The number of halogens is 1. The van der Waals surface area contributed by atoms with Crippen LogP contribution in [0.25, 0.3) is 0 Å². The van der Waals surface area contributed by atoms with Crippen LogP contribution >= 0.6 is 0 Å². The highest BCUT2D eigenvalue weighted by atomic mass is 32.2. The van der Waals surface area contributed by atoms with Crippen molar-refractivity contribution in [3.05, 3.63) is 29.6 Å². The Kier molecular flexibility index (Phi) is 4.61. The second-order valence-corrected chi connectivity index (χ2v) is 5.30. The molecule has 0 saturated carbocycles. The Morgan fingerprint density at radius 3 is 2.82 bits per heavy atom. The molecule has 6 heteroatoms. The van der Waals surface area contributed by atoms with Crippen LogP contribution in [0.3, 0.4) is 0 Å². The summed E-state index contributed by atoms with van der Waals surface area (Å²) < 4.78 is 38.9. The van der Waals surface area contributed by atoms with E-state index in [1.165, 1.54) is 12.1 Å². The third-order valence-corrected chi connectivity index (χ3v) is 3.80. The Bertz CT molecular complexity index is 535. The van der Waals surface area contributed by atoms with Crippen LogP contribution in [-0.2, 0) is 10.0 Å². The van der Waals surface area contributed by atoms with Crippen LogP contribution in [0.5, 0.6) is 0 Å². The van der Waals surface area contributed by atoms with E-state index in [-0.39, 0.29) is 17.9 Å².